The molecular formula is C25H26ClNO3. The van der Waals surface area contributed by atoms with Crippen LogP contribution in [0.4, 0.5) is 0 Å². The highest BCUT2D eigenvalue weighted by Crippen LogP contribution is 2.48. The van der Waals surface area contributed by atoms with Crippen molar-refractivity contribution in [3.05, 3.63) is 64.3 Å². The number of carboxylic acid groups (broad SMARTS) is 1. The van der Waals surface area contributed by atoms with Gasteiger partial charge in [-0.3, -0.25) is 4.98 Å². The van der Waals surface area contributed by atoms with Crippen LogP contribution in [0, 0.1) is 6.92 Å². The maximum atomic E-state index is 12.4. The molecule has 3 aromatic rings. The Morgan fingerprint density at radius 3 is 2.47 bits per heavy atom. The number of nitrogens with zero attached hydrogens (tertiary/aromatic N) is 1. The van der Waals surface area contributed by atoms with Crippen molar-refractivity contribution >= 4 is 28.5 Å². The lowest BCUT2D eigenvalue weighted by molar-refractivity contribution is -0.157. The molecule has 4 nitrogen and oxygen atoms in total. The number of fused-ring (bicyclic) bond motifs is 1. The Bertz CT molecular complexity index is 1100. The molecule has 1 atom stereocenters. The molecule has 1 unspecified atom stereocenters. The van der Waals surface area contributed by atoms with Gasteiger partial charge in [-0.15, -0.1) is 0 Å². The maximum absolute atomic E-state index is 12.4. The number of carbonyl (C=O) groups is 1. The van der Waals surface area contributed by atoms with Gasteiger partial charge in [0.25, 0.3) is 0 Å². The zero-order chi connectivity index (χ0) is 21.5. The number of aromatic nitrogens is 1. The van der Waals surface area contributed by atoms with Crippen molar-refractivity contribution < 1.29 is 14.6 Å². The quantitative estimate of drug-likeness (QED) is 0.470. The molecule has 1 saturated carbocycles. The van der Waals surface area contributed by atoms with Gasteiger partial charge in [-0.25, -0.2) is 4.79 Å². The third-order valence-electron chi connectivity index (χ3n) is 6.13. The van der Waals surface area contributed by atoms with E-state index in [4.69, 9.17) is 21.3 Å². The van der Waals surface area contributed by atoms with Gasteiger partial charge in [-0.1, -0.05) is 49.7 Å². The molecule has 0 aliphatic heterocycles. The SMILES string of the molecule is CCc1ccc(-c2c(C(OC3(CC)CC3)C(=O)O)c(C)nc3ccc(Cl)cc23)cc1. The molecule has 0 saturated heterocycles. The minimum absolute atomic E-state index is 0.345. The molecule has 0 radical (unpaired) electrons. The number of benzene rings is 2. The van der Waals surface area contributed by atoms with Gasteiger partial charge in [0.1, 0.15) is 0 Å². The van der Waals surface area contributed by atoms with Crippen LogP contribution in [0.25, 0.3) is 22.0 Å². The van der Waals surface area contributed by atoms with Crippen LogP contribution < -0.4 is 0 Å². The molecule has 2 aromatic carbocycles. The Morgan fingerprint density at radius 1 is 1.20 bits per heavy atom. The standard InChI is InChI=1S/C25H26ClNO3/c1-4-16-6-8-17(9-7-16)22-19-14-18(26)10-11-20(19)27-15(3)21(22)23(24(28)29)30-25(5-2)12-13-25/h6-11,14,23H,4-5,12-13H2,1-3H3,(H,28,29). The lowest BCUT2D eigenvalue weighted by Crippen LogP contribution is -2.25. The Balaban J connectivity index is 1.99. The van der Waals surface area contributed by atoms with Gasteiger partial charge in [0.2, 0.25) is 0 Å². The summed E-state index contributed by atoms with van der Waals surface area (Å²) in [5.41, 5.74) is 4.72. The molecule has 5 heteroatoms. The van der Waals surface area contributed by atoms with E-state index in [1.807, 2.05) is 38.1 Å². The Hall–Kier alpha value is -2.43. The van der Waals surface area contributed by atoms with E-state index < -0.39 is 12.1 Å². The fourth-order valence-corrected chi connectivity index (χ4v) is 4.26. The summed E-state index contributed by atoms with van der Waals surface area (Å²) in [5, 5.41) is 11.6. The monoisotopic (exact) mass is 423 g/mol. The van der Waals surface area contributed by atoms with E-state index >= 15 is 0 Å². The maximum Gasteiger partial charge on any atom is 0.337 e. The van der Waals surface area contributed by atoms with E-state index in [-0.39, 0.29) is 5.60 Å². The Morgan fingerprint density at radius 2 is 1.90 bits per heavy atom. The summed E-state index contributed by atoms with van der Waals surface area (Å²) in [4.78, 5) is 17.1. The van der Waals surface area contributed by atoms with Crippen LogP contribution in [-0.2, 0) is 16.0 Å². The van der Waals surface area contributed by atoms with Crippen molar-refractivity contribution in [2.75, 3.05) is 0 Å². The van der Waals surface area contributed by atoms with Crippen molar-refractivity contribution in [3.8, 4) is 11.1 Å². The van der Waals surface area contributed by atoms with Crippen LogP contribution in [0.1, 0.15) is 56.0 Å². The van der Waals surface area contributed by atoms with E-state index in [0.717, 1.165) is 47.7 Å². The molecule has 1 fully saturated rings. The van der Waals surface area contributed by atoms with Crippen LogP contribution in [0.15, 0.2) is 42.5 Å². The first-order chi connectivity index (χ1) is 14.4. The molecule has 0 amide bonds. The van der Waals surface area contributed by atoms with Crippen LogP contribution >= 0.6 is 11.6 Å². The number of carboxylic acids is 1. The highest BCUT2D eigenvalue weighted by atomic mass is 35.5. The van der Waals surface area contributed by atoms with Crippen molar-refractivity contribution in [1.29, 1.82) is 0 Å². The molecule has 4 rings (SSSR count). The van der Waals surface area contributed by atoms with E-state index in [9.17, 15) is 9.90 Å². The van der Waals surface area contributed by atoms with Crippen molar-refractivity contribution in [2.45, 2.75) is 58.2 Å². The first-order valence-corrected chi connectivity index (χ1v) is 10.8. The summed E-state index contributed by atoms with van der Waals surface area (Å²) < 4.78 is 6.24. The van der Waals surface area contributed by atoms with Gasteiger partial charge in [-0.05, 0) is 67.5 Å². The lowest BCUT2D eigenvalue weighted by atomic mass is 9.90. The molecule has 1 aliphatic carbocycles. The summed E-state index contributed by atoms with van der Waals surface area (Å²) in [7, 11) is 0. The number of hydrogen-bond acceptors (Lipinski definition) is 3. The predicted molar refractivity (Wildman–Crippen MR) is 120 cm³/mol. The van der Waals surface area contributed by atoms with Gasteiger partial charge < -0.3 is 9.84 Å². The van der Waals surface area contributed by atoms with Crippen molar-refractivity contribution in [3.63, 3.8) is 0 Å². The third kappa shape index (κ3) is 3.82. The van der Waals surface area contributed by atoms with Crippen LogP contribution in [0.2, 0.25) is 5.02 Å². The summed E-state index contributed by atoms with van der Waals surface area (Å²) in [5.74, 6) is -0.993. The molecule has 1 aliphatic rings. The second-order valence-electron chi connectivity index (χ2n) is 8.07. The molecule has 1 N–H and O–H groups in total. The van der Waals surface area contributed by atoms with E-state index in [1.165, 1.54) is 5.56 Å². The molecule has 1 aromatic heterocycles. The van der Waals surface area contributed by atoms with Crippen LogP contribution in [0.5, 0.6) is 0 Å². The molecule has 1 heterocycles. The first-order valence-electron chi connectivity index (χ1n) is 10.5. The summed E-state index contributed by atoms with van der Waals surface area (Å²) in [6, 6.07) is 13.8. The van der Waals surface area contributed by atoms with Crippen LogP contribution in [0.3, 0.4) is 0 Å². The first kappa shape index (κ1) is 20.8. The zero-order valence-corrected chi connectivity index (χ0v) is 18.3. The van der Waals surface area contributed by atoms with Crippen LogP contribution in [-0.4, -0.2) is 21.7 Å². The van der Waals surface area contributed by atoms with Gasteiger partial charge in [-0.2, -0.15) is 0 Å². The van der Waals surface area contributed by atoms with Gasteiger partial charge >= 0.3 is 5.97 Å². The zero-order valence-electron chi connectivity index (χ0n) is 17.5. The van der Waals surface area contributed by atoms with Gasteiger partial charge in [0.15, 0.2) is 6.10 Å². The Kier molecular flexibility index (Phi) is 5.56. The largest absolute Gasteiger partial charge is 0.479 e. The number of ether oxygens (including phenoxy) is 1. The van der Waals surface area contributed by atoms with Gasteiger partial charge in [0, 0.05) is 21.7 Å². The topological polar surface area (TPSA) is 59.4 Å². The number of halogens is 1. The molecule has 30 heavy (non-hydrogen) atoms. The average Bonchev–Trinajstić information content (AvgIpc) is 3.52. The number of rotatable bonds is 7. The minimum atomic E-state index is -1.08. The summed E-state index contributed by atoms with van der Waals surface area (Å²) >= 11 is 6.32. The normalized spacial score (nSPS) is 15.9. The molecule has 0 bridgehead atoms. The molecule has 156 valence electrons. The second kappa shape index (κ2) is 8.01. The number of pyridine rings is 1. The van der Waals surface area contributed by atoms with E-state index in [0.29, 0.717) is 16.3 Å². The predicted octanol–water partition coefficient (Wildman–Crippen LogP) is 6.51. The number of aliphatic carboxylic acids is 1. The number of hydrogen-bond donors (Lipinski definition) is 1. The summed E-state index contributed by atoms with van der Waals surface area (Å²) in [6.07, 6.45) is 2.43. The second-order valence-corrected chi connectivity index (χ2v) is 8.51. The highest BCUT2D eigenvalue weighted by molar-refractivity contribution is 6.31. The fourth-order valence-electron chi connectivity index (χ4n) is 4.09. The average molecular weight is 424 g/mol. The van der Waals surface area contributed by atoms with Crippen molar-refractivity contribution in [2.24, 2.45) is 0 Å². The number of aryl methyl sites for hydroxylation is 2. The van der Waals surface area contributed by atoms with Gasteiger partial charge in [0.05, 0.1) is 11.1 Å². The van der Waals surface area contributed by atoms with E-state index in [1.54, 1.807) is 6.07 Å². The third-order valence-corrected chi connectivity index (χ3v) is 6.37. The minimum Gasteiger partial charge on any atom is -0.479 e. The fraction of sp³-hybridized carbons (Fsp3) is 0.360. The van der Waals surface area contributed by atoms with E-state index in [2.05, 4.69) is 19.1 Å². The smallest absolute Gasteiger partial charge is 0.337 e. The highest BCUT2D eigenvalue weighted by Gasteiger charge is 2.46. The lowest BCUT2D eigenvalue weighted by Gasteiger charge is -2.25. The molecular weight excluding hydrogens is 398 g/mol. The summed E-state index contributed by atoms with van der Waals surface area (Å²) in [6.45, 7) is 6.01. The Labute approximate surface area is 181 Å². The molecule has 0 spiro atoms. The van der Waals surface area contributed by atoms with Crippen molar-refractivity contribution in [1.82, 2.24) is 4.98 Å².